The average molecular weight is 437 g/mol. The summed E-state index contributed by atoms with van der Waals surface area (Å²) in [4.78, 5) is 0. The molecule has 1 saturated carbocycles. The van der Waals surface area contributed by atoms with Gasteiger partial charge in [-0.3, -0.25) is 0 Å². The Morgan fingerprint density at radius 3 is 2.16 bits per heavy atom. The summed E-state index contributed by atoms with van der Waals surface area (Å²) in [6.07, 6.45) is 5.65. The zero-order chi connectivity index (χ0) is 22.3. The number of rotatable bonds is 9. The van der Waals surface area contributed by atoms with Crippen LogP contribution in [0.15, 0.2) is 48.5 Å². The molecule has 3 rings (SSSR count). The molecule has 1 fully saturated rings. The van der Waals surface area contributed by atoms with E-state index >= 15 is 0 Å². The summed E-state index contributed by atoms with van der Waals surface area (Å²) >= 11 is 0. The first-order valence-corrected chi connectivity index (χ1v) is 11.4. The summed E-state index contributed by atoms with van der Waals surface area (Å²) in [7, 11) is 0. The Kier molecular flexibility index (Phi) is 8.39. The molecule has 1 atom stereocenters. The van der Waals surface area contributed by atoms with E-state index in [9.17, 15) is 17.6 Å². The van der Waals surface area contributed by atoms with Crippen molar-refractivity contribution in [2.24, 2.45) is 11.8 Å². The molecule has 0 bridgehead atoms. The van der Waals surface area contributed by atoms with Crippen LogP contribution in [0.1, 0.15) is 81.9 Å². The van der Waals surface area contributed by atoms with Crippen LogP contribution in [0.2, 0.25) is 0 Å². The van der Waals surface area contributed by atoms with E-state index in [1.54, 1.807) is 0 Å². The van der Waals surface area contributed by atoms with E-state index in [1.807, 2.05) is 30.3 Å². The molecule has 0 heterocycles. The lowest BCUT2D eigenvalue weighted by Crippen LogP contribution is -2.17. The maximum absolute atomic E-state index is 14.0. The van der Waals surface area contributed by atoms with Crippen LogP contribution in [0.5, 0.6) is 5.75 Å². The maximum atomic E-state index is 14.0. The van der Waals surface area contributed by atoms with E-state index < -0.39 is 17.6 Å². The van der Waals surface area contributed by atoms with Crippen LogP contribution < -0.4 is 4.74 Å². The normalized spacial score (nSPS) is 20.4. The Bertz CT molecular complexity index is 795. The SMILES string of the molecule is CCCCC1CCC(CCC(Oc2ccc(C(F)(F)F)c(F)c2)c2ccccc2)CC1. The zero-order valence-electron chi connectivity index (χ0n) is 18.1. The molecule has 0 N–H and O–H groups in total. The van der Waals surface area contributed by atoms with Gasteiger partial charge in [-0.2, -0.15) is 13.2 Å². The molecule has 31 heavy (non-hydrogen) atoms. The standard InChI is InChI=1S/C26H32F4O/c1-2-3-7-19-10-12-20(13-11-19)14-17-25(21-8-5-4-6-9-21)31-22-15-16-23(24(27)18-22)26(28,29)30/h4-6,8-9,15-16,18-20,25H,2-3,7,10-14,17H2,1H3. The molecule has 0 spiro atoms. The van der Waals surface area contributed by atoms with Crippen molar-refractivity contribution in [3.8, 4) is 5.75 Å². The van der Waals surface area contributed by atoms with Crippen molar-refractivity contribution < 1.29 is 22.3 Å². The number of hydrogen-bond acceptors (Lipinski definition) is 1. The van der Waals surface area contributed by atoms with Gasteiger partial charge in [0, 0.05) is 6.07 Å². The summed E-state index contributed by atoms with van der Waals surface area (Å²) in [5, 5.41) is 0. The second-order valence-corrected chi connectivity index (χ2v) is 8.76. The number of unbranched alkanes of at least 4 members (excludes halogenated alkanes) is 1. The minimum absolute atomic E-state index is 0.127. The molecule has 0 aliphatic heterocycles. The van der Waals surface area contributed by atoms with Gasteiger partial charge in [-0.15, -0.1) is 0 Å². The average Bonchev–Trinajstić information content (AvgIpc) is 2.75. The predicted octanol–water partition coefficient (Wildman–Crippen LogP) is 8.74. The molecule has 170 valence electrons. The van der Waals surface area contributed by atoms with Crippen LogP contribution in [0.25, 0.3) is 0 Å². The van der Waals surface area contributed by atoms with Crippen molar-refractivity contribution in [1.82, 2.24) is 0 Å². The number of halogens is 4. The number of alkyl halides is 3. The lowest BCUT2D eigenvalue weighted by atomic mass is 9.77. The van der Waals surface area contributed by atoms with Gasteiger partial charge in [-0.25, -0.2) is 4.39 Å². The molecule has 0 saturated heterocycles. The Morgan fingerprint density at radius 1 is 0.935 bits per heavy atom. The number of benzene rings is 2. The van der Waals surface area contributed by atoms with Gasteiger partial charge in [-0.1, -0.05) is 82.2 Å². The molecule has 1 nitrogen and oxygen atoms in total. The molecule has 0 radical (unpaired) electrons. The topological polar surface area (TPSA) is 9.23 Å². The highest BCUT2D eigenvalue weighted by Crippen LogP contribution is 2.37. The van der Waals surface area contributed by atoms with Crippen LogP contribution in [0, 0.1) is 17.7 Å². The van der Waals surface area contributed by atoms with Crippen molar-refractivity contribution >= 4 is 0 Å². The van der Waals surface area contributed by atoms with Gasteiger partial charge in [0.1, 0.15) is 17.7 Å². The fourth-order valence-corrected chi connectivity index (χ4v) is 4.61. The van der Waals surface area contributed by atoms with Gasteiger partial charge in [0.05, 0.1) is 5.56 Å². The molecule has 1 aliphatic carbocycles. The molecule has 5 heteroatoms. The minimum atomic E-state index is -4.71. The second-order valence-electron chi connectivity index (χ2n) is 8.76. The summed E-state index contributed by atoms with van der Waals surface area (Å²) in [6.45, 7) is 2.23. The lowest BCUT2D eigenvalue weighted by Gasteiger charge is -2.30. The third-order valence-electron chi connectivity index (χ3n) is 6.47. The van der Waals surface area contributed by atoms with Gasteiger partial charge in [0.25, 0.3) is 0 Å². The third kappa shape index (κ3) is 6.98. The van der Waals surface area contributed by atoms with Crippen LogP contribution in [0.3, 0.4) is 0 Å². The molecule has 1 unspecified atom stereocenters. The number of ether oxygens (including phenoxy) is 1. The van der Waals surface area contributed by atoms with Gasteiger partial charge in [0.15, 0.2) is 0 Å². The van der Waals surface area contributed by atoms with E-state index in [4.69, 9.17) is 4.74 Å². The first kappa shape index (κ1) is 23.6. The highest BCUT2D eigenvalue weighted by molar-refractivity contribution is 5.31. The van der Waals surface area contributed by atoms with Crippen LogP contribution >= 0.6 is 0 Å². The second kappa shape index (κ2) is 11.0. The van der Waals surface area contributed by atoms with Gasteiger partial charge >= 0.3 is 6.18 Å². The summed E-state index contributed by atoms with van der Waals surface area (Å²) in [5.74, 6) is 0.328. The third-order valence-corrected chi connectivity index (χ3v) is 6.47. The van der Waals surface area contributed by atoms with E-state index in [2.05, 4.69) is 6.92 Å². The Hall–Kier alpha value is -2.04. The molecular formula is C26H32F4O. The molecule has 2 aromatic carbocycles. The molecular weight excluding hydrogens is 404 g/mol. The van der Waals surface area contributed by atoms with E-state index in [0.717, 1.165) is 36.5 Å². The highest BCUT2D eigenvalue weighted by atomic mass is 19.4. The van der Waals surface area contributed by atoms with Crippen molar-refractivity contribution in [2.75, 3.05) is 0 Å². The molecule has 1 aliphatic rings. The zero-order valence-corrected chi connectivity index (χ0v) is 18.1. The van der Waals surface area contributed by atoms with E-state index in [-0.39, 0.29) is 11.9 Å². The van der Waals surface area contributed by atoms with Gasteiger partial charge in [0.2, 0.25) is 0 Å². The quantitative estimate of drug-likeness (QED) is 0.357. The fraction of sp³-hybridized carbons (Fsp3) is 0.538. The monoisotopic (exact) mass is 436 g/mol. The van der Waals surface area contributed by atoms with Crippen molar-refractivity contribution in [3.63, 3.8) is 0 Å². The minimum Gasteiger partial charge on any atom is -0.486 e. The van der Waals surface area contributed by atoms with Crippen LogP contribution in [-0.4, -0.2) is 0 Å². The summed E-state index contributed by atoms with van der Waals surface area (Å²) < 4.78 is 58.6. The van der Waals surface area contributed by atoms with Crippen molar-refractivity contribution in [2.45, 2.75) is 77.0 Å². The maximum Gasteiger partial charge on any atom is 0.419 e. The van der Waals surface area contributed by atoms with E-state index in [0.29, 0.717) is 5.92 Å². The highest BCUT2D eigenvalue weighted by Gasteiger charge is 2.34. The first-order valence-electron chi connectivity index (χ1n) is 11.4. The van der Waals surface area contributed by atoms with Crippen molar-refractivity contribution in [3.05, 3.63) is 65.5 Å². The number of hydrogen-bond donors (Lipinski definition) is 0. The molecule has 0 aromatic heterocycles. The van der Waals surface area contributed by atoms with Gasteiger partial charge < -0.3 is 4.74 Å². The fourth-order valence-electron chi connectivity index (χ4n) is 4.61. The largest absolute Gasteiger partial charge is 0.486 e. The lowest BCUT2D eigenvalue weighted by molar-refractivity contribution is -0.140. The molecule has 0 amide bonds. The Morgan fingerprint density at radius 2 is 1.58 bits per heavy atom. The first-order chi connectivity index (χ1) is 14.9. The molecule has 2 aromatic rings. The van der Waals surface area contributed by atoms with Gasteiger partial charge in [-0.05, 0) is 42.4 Å². The van der Waals surface area contributed by atoms with Crippen molar-refractivity contribution in [1.29, 1.82) is 0 Å². The van der Waals surface area contributed by atoms with E-state index in [1.165, 1.54) is 51.0 Å². The van der Waals surface area contributed by atoms with Crippen LogP contribution in [0.4, 0.5) is 17.6 Å². The Labute approximate surface area is 182 Å². The Balaban J connectivity index is 1.63. The predicted molar refractivity (Wildman–Crippen MR) is 115 cm³/mol. The smallest absolute Gasteiger partial charge is 0.419 e. The summed E-state index contributed by atoms with van der Waals surface area (Å²) in [5.41, 5.74) is -0.310. The summed E-state index contributed by atoms with van der Waals surface area (Å²) in [6, 6.07) is 12.5. The van der Waals surface area contributed by atoms with Crippen LogP contribution in [-0.2, 0) is 6.18 Å².